The maximum Gasteiger partial charge on any atom is 0.270 e. The van der Waals surface area contributed by atoms with Gasteiger partial charge in [-0.2, -0.15) is 0 Å². The van der Waals surface area contributed by atoms with Crippen LogP contribution in [0.15, 0.2) is 30.6 Å². The lowest BCUT2D eigenvalue weighted by atomic mass is 10.2. The van der Waals surface area contributed by atoms with Crippen LogP contribution in [0, 0.1) is 11.6 Å². The molecule has 5 nitrogen and oxygen atoms in total. The van der Waals surface area contributed by atoms with E-state index < -0.39 is 11.6 Å². The molecule has 0 aliphatic carbocycles. The SMILES string of the molecule is CCC(C)NC(=O)c1cc(Nc2ccc(F)cc2F)ncn1. The summed E-state index contributed by atoms with van der Waals surface area (Å²) in [5, 5.41) is 5.46. The van der Waals surface area contributed by atoms with E-state index >= 15 is 0 Å². The van der Waals surface area contributed by atoms with Crippen LogP contribution in [0.1, 0.15) is 30.8 Å². The predicted octanol–water partition coefficient (Wildman–Crippen LogP) is 3.03. The van der Waals surface area contributed by atoms with Gasteiger partial charge in [-0.25, -0.2) is 18.7 Å². The van der Waals surface area contributed by atoms with Gasteiger partial charge in [0, 0.05) is 18.2 Å². The van der Waals surface area contributed by atoms with E-state index in [2.05, 4.69) is 20.6 Å². The molecular formula is C15H16F2N4O. The normalized spacial score (nSPS) is 11.8. The van der Waals surface area contributed by atoms with E-state index in [9.17, 15) is 13.6 Å². The van der Waals surface area contributed by atoms with E-state index in [0.717, 1.165) is 18.6 Å². The number of amides is 1. The van der Waals surface area contributed by atoms with Gasteiger partial charge >= 0.3 is 0 Å². The van der Waals surface area contributed by atoms with Crippen LogP contribution in [0.4, 0.5) is 20.3 Å². The van der Waals surface area contributed by atoms with E-state index in [0.29, 0.717) is 0 Å². The van der Waals surface area contributed by atoms with Crippen LogP contribution >= 0.6 is 0 Å². The van der Waals surface area contributed by atoms with Crippen LogP contribution in [0.3, 0.4) is 0 Å². The molecule has 0 radical (unpaired) electrons. The first-order chi connectivity index (χ1) is 10.5. The molecule has 1 aromatic carbocycles. The number of carbonyl (C=O) groups excluding carboxylic acids is 1. The number of nitrogens with one attached hydrogen (secondary N) is 2. The molecule has 0 aliphatic heterocycles. The van der Waals surface area contributed by atoms with E-state index in [-0.39, 0.29) is 29.1 Å². The van der Waals surface area contributed by atoms with Crippen LogP contribution < -0.4 is 10.6 Å². The number of halogens is 2. The van der Waals surface area contributed by atoms with Crippen molar-refractivity contribution in [3.8, 4) is 0 Å². The van der Waals surface area contributed by atoms with Crippen molar-refractivity contribution in [2.75, 3.05) is 5.32 Å². The van der Waals surface area contributed by atoms with Gasteiger partial charge in [0.05, 0.1) is 5.69 Å². The maximum atomic E-state index is 13.6. The Balaban J connectivity index is 2.16. The summed E-state index contributed by atoms with van der Waals surface area (Å²) in [5.41, 5.74) is 0.230. The maximum absolute atomic E-state index is 13.6. The summed E-state index contributed by atoms with van der Waals surface area (Å²) in [6.45, 7) is 3.83. The lowest BCUT2D eigenvalue weighted by Crippen LogP contribution is -2.32. The zero-order valence-corrected chi connectivity index (χ0v) is 12.2. The second-order valence-corrected chi connectivity index (χ2v) is 4.82. The minimum Gasteiger partial charge on any atom is -0.348 e. The number of hydrogen-bond acceptors (Lipinski definition) is 4. The molecule has 0 spiro atoms. The fraction of sp³-hybridized carbons (Fsp3) is 0.267. The monoisotopic (exact) mass is 306 g/mol. The minimum absolute atomic E-state index is 0.0217. The zero-order chi connectivity index (χ0) is 16.1. The van der Waals surface area contributed by atoms with E-state index in [4.69, 9.17) is 0 Å². The fourth-order valence-corrected chi connectivity index (χ4v) is 1.68. The highest BCUT2D eigenvalue weighted by Gasteiger charge is 2.12. The zero-order valence-electron chi connectivity index (χ0n) is 12.2. The van der Waals surface area contributed by atoms with Gasteiger partial charge in [0.1, 0.15) is 29.5 Å². The van der Waals surface area contributed by atoms with Gasteiger partial charge in [-0.05, 0) is 25.5 Å². The van der Waals surface area contributed by atoms with Crippen LogP contribution in [-0.2, 0) is 0 Å². The quantitative estimate of drug-likeness (QED) is 0.891. The first kappa shape index (κ1) is 15.8. The molecule has 0 fully saturated rings. The molecule has 0 aliphatic rings. The molecule has 2 N–H and O–H groups in total. The van der Waals surface area contributed by atoms with Gasteiger partial charge in [-0.15, -0.1) is 0 Å². The Bertz CT molecular complexity index is 678. The first-order valence-electron chi connectivity index (χ1n) is 6.84. The third-order valence-corrected chi connectivity index (χ3v) is 3.08. The van der Waals surface area contributed by atoms with Crippen molar-refractivity contribution in [2.45, 2.75) is 26.3 Å². The number of rotatable bonds is 5. The van der Waals surface area contributed by atoms with Gasteiger partial charge in [-0.3, -0.25) is 4.79 Å². The number of benzene rings is 1. The molecule has 1 amide bonds. The Labute approximate surface area is 126 Å². The van der Waals surface area contributed by atoms with Crippen molar-refractivity contribution >= 4 is 17.4 Å². The molecule has 2 rings (SSSR count). The Morgan fingerprint density at radius 1 is 1.27 bits per heavy atom. The van der Waals surface area contributed by atoms with E-state index in [1.54, 1.807) is 0 Å². The highest BCUT2D eigenvalue weighted by Crippen LogP contribution is 2.19. The Hall–Kier alpha value is -2.57. The molecule has 7 heteroatoms. The molecule has 0 saturated heterocycles. The topological polar surface area (TPSA) is 66.9 Å². The molecule has 1 atom stereocenters. The van der Waals surface area contributed by atoms with Gasteiger partial charge in [0.25, 0.3) is 5.91 Å². The summed E-state index contributed by atoms with van der Waals surface area (Å²) >= 11 is 0. The predicted molar refractivity (Wildman–Crippen MR) is 78.9 cm³/mol. The average molecular weight is 306 g/mol. The largest absolute Gasteiger partial charge is 0.348 e. The second-order valence-electron chi connectivity index (χ2n) is 4.82. The van der Waals surface area contributed by atoms with Gasteiger partial charge < -0.3 is 10.6 Å². The molecular weight excluding hydrogens is 290 g/mol. The van der Waals surface area contributed by atoms with E-state index in [1.807, 2.05) is 13.8 Å². The minimum atomic E-state index is -0.746. The smallest absolute Gasteiger partial charge is 0.270 e. The first-order valence-corrected chi connectivity index (χ1v) is 6.84. The van der Waals surface area contributed by atoms with Gasteiger partial charge in [0.2, 0.25) is 0 Å². The molecule has 1 heterocycles. The number of hydrogen-bond donors (Lipinski definition) is 2. The molecule has 0 saturated carbocycles. The van der Waals surface area contributed by atoms with Crippen molar-refractivity contribution in [3.63, 3.8) is 0 Å². The van der Waals surface area contributed by atoms with Crippen LogP contribution in [-0.4, -0.2) is 21.9 Å². The molecule has 116 valence electrons. The standard InChI is InChI=1S/C15H16F2N4O/c1-3-9(2)20-15(22)13-7-14(19-8-18-13)21-12-5-4-10(16)6-11(12)17/h4-9H,3H2,1-2H3,(H,20,22)(H,18,19,21). The molecule has 1 aromatic heterocycles. The summed E-state index contributed by atoms with van der Waals surface area (Å²) in [4.78, 5) is 19.8. The van der Waals surface area contributed by atoms with Gasteiger partial charge in [0.15, 0.2) is 0 Å². The van der Waals surface area contributed by atoms with E-state index in [1.165, 1.54) is 18.5 Å². The Morgan fingerprint density at radius 3 is 2.73 bits per heavy atom. The molecule has 2 aromatic rings. The average Bonchev–Trinajstić information content (AvgIpc) is 2.50. The number of aromatic nitrogens is 2. The summed E-state index contributed by atoms with van der Waals surface area (Å²) < 4.78 is 26.5. The molecule has 22 heavy (non-hydrogen) atoms. The third-order valence-electron chi connectivity index (χ3n) is 3.08. The Kier molecular flexibility index (Phi) is 4.98. The van der Waals surface area contributed by atoms with Gasteiger partial charge in [-0.1, -0.05) is 6.92 Å². The third kappa shape index (κ3) is 3.97. The second kappa shape index (κ2) is 6.93. The highest BCUT2D eigenvalue weighted by atomic mass is 19.1. The lowest BCUT2D eigenvalue weighted by Gasteiger charge is -2.11. The van der Waals surface area contributed by atoms with Crippen molar-refractivity contribution in [1.29, 1.82) is 0 Å². The van der Waals surface area contributed by atoms with Crippen molar-refractivity contribution in [1.82, 2.24) is 15.3 Å². The van der Waals surface area contributed by atoms with Crippen molar-refractivity contribution in [3.05, 3.63) is 47.9 Å². The van der Waals surface area contributed by atoms with Crippen LogP contribution in [0.5, 0.6) is 0 Å². The summed E-state index contributed by atoms with van der Waals surface area (Å²) in [7, 11) is 0. The van der Waals surface area contributed by atoms with Crippen molar-refractivity contribution in [2.24, 2.45) is 0 Å². The lowest BCUT2D eigenvalue weighted by molar-refractivity contribution is 0.0934. The molecule has 1 unspecified atom stereocenters. The van der Waals surface area contributed by atoms with Crippen LogP contribution in [0.25, 0.3) is 0 Å². The summed E-state index contributed by atoms with van der Waals surface area (Å²) in [5.74, 6) is -1.50. The fourth-order valence-electron chi connectivity index (χ4n) is 1.68. The summed E-state index contributed by atoms with van der Waals surface area (Å²) in [6.07, 6.45) is 2.00. The number of anilines is 2. The molecule has 0 bridgehead atoms. The Morgan fingerprint density at radius 2 is 2.05 bits per heavy atom. The summed E-state index contributed by atoms with van der Waals surface area (Å²) in [6, 6.07) is 4.57. The number of nitrogens with zero attached hydrogens (tertiary/aromatic N) is 2. The highest BCUT2D eigenvalue weighted by molar-refractivity contribution is 5.93. The van der Waals surface area contributed by atoms with Crippen LogP contribution in [0.2, 0.25) is 0 Å². The van der Waals surface area contributed by atoms with Crippen molar-refractivity contribution < 1.29 is 13.6 Å². The number of carbonyl (C=O) groups is 1.